The molecule has 1 amide bonds. The highest BCUT2D eigenvalue weighted by atomic mass is 16.6. The van der Waals surface area contributed by atoms with Crippen molar-refractivity contribution in [3.8, 4) is 0 Å². The predicted molar refractivity (Wildman–Crippen MR) is 84.4 cm³/mol. The minimum absolute atomic E-state index is 0.132. The largest absolute Gasteiger partial charge is 0.481 e. The lowest BCUT2D eigenvalue weighted by Crippen LogP contribution is -2.30. The maximum absolute atomic E-state index is 12.6. The number of carboxylic acid groups (broad SMARTS) is 1. The number of hydrogen-bond acceptors (Lipinski definition) is 4. The van der Waals surface area contributed by atoms with Crippen molar-refractivity contribution in [1.82, 2.24) is 4.90 Å². The fraction of sp³-hybridized carbons (Fsp3) is 0.176. The van der Waals surface area contributed by atoms with E-state index < -0.39 is 16.9 Å². The number of amides is 1. The molecule has 0 aromatic heterocycles. The van der Waals surface area contributed by atoms with Crippen molar-refractivity contribution < 1.29 is 19.6 Å². The molecular formula is C17H14N2O5. The van der Waals surface area contributed by atoms with Crippen molar-refractivity contribution in [2.75, 3.05) is 0 Å². The van der Waals surface area contributed by atoms with Gasteiger partial charge in [0.05, 0.1) is 17.4 Å². The van der Waals surface area contributed by atoms with Gasteiger partial charge in [0, 0.05) is 24.2 Å². The summed E-state index contributed by atoms with van der Waals surface area (Å²) in [6.45, 7) is 0.287. The van der Waals surface area contributed by atoms with Gasteiger partial charge in [-0.05, 0) is 17.2 Å². The van der Waals surface area contributed by atoms with Crippen LogP contribution in [0.5, 0.6) is 0 Å². The summed E-state index contributed by atoms with van der Waals surface area (Å²) in [6.07, 6.45) is -0.319. The standard InChI is InChI=1S/C17H14N2O5/c20-16(21)9-15(11-5-3-6-13(8-11)19(23)24)18-10-12-4-1-2-7-14(12)17(18)22/h1-8,15H,9-10H2,(H,20,21)/t15-/m1/s1. The number of fused-ring (bicyclic) bond motifs is 1. The van der Waals surface area contributed by atoms with Crippen molar-refractivity contribution in [3.63, 3.8) is 0 Å². The predicted octanol–water partition coefficient (Wildman–Crippen LogP) is 2.77. The average Bonchev–Trinajstić information content (AvgIpc) is 2.90. The molecule has 1 N–H and O–H groups in total. The van der Waals surface area contributed by atoms with E-state index in [1.165, 1.54) is 23.1 Å². The topological polar surface area (TPSA) is 101 Å². The minimum atomic E-state index is -1.07. The Morgan fingerprint density at radius 2 is 2.00 bits per heavy atom. The monoisotopic (exact) mass is 326 g/mol. The molecule has 7 nitrogen and oxygen atoms in total. The van der Waals surface area contributed by atoms with E-state index in [1.54, 1.807) is 18.2 Å². The highest BCUT2D eigenvalue weighted by Gasteiger charge is 2.34. The summed E-state index contributed by atoms with van der Waals surface area (Å²) in [5, 5.41) is 20.2. The number of carbonyl (C=O) groups excluding carboxylic acids is 1. The maximum atomic E-state index is 12.6. The normalized spacial score (nSPS) is 14.3. The first-order valence-corrected chi connectivity index (χ1v) is 7.32. The van der Waals surface area contributed by atoms with Crippen molar-refractivity contribution in [1.29, 1.82) is 0 Å². The maximum Gasteiger partial charge on any atom is 0.305 e. The molecule has 122 valence electrons. The third-order valence-electron chi connectivity index (χ3n) is 4.06. The summed E-state index contributed by atoms with van der Waals surface area (Å²) >= 11 is 0. The van der Waals surface area contributed by atoms with E-state index in [4.69, 9.17) is 0 Å². The summed E-state index contributed by atoms with van der Waals surface area (Å²) in [5.41, 5.74) is 1.67. The SMILES string of the molecule is O=C(O)C[C@H](c1cccc([N+](=O)[O-])c1)N1Cc2ccccc2C1=O. The molecule has 0 radical (unpaired) electrons. The number of non-ortho nitro benzene ring substituents is 1. The van der Waals surface area contributed by atoms with Gasteiger partial charge in [-0.25, -0.2) is 0 Å². The van der Waals surface area contributed by atoms with E-state index in [0.717, 1.165) is 5.56 Å². The molecule has 0 bridgehead atoms. The molecule has 3 rings (SSSR count). The number of nitro groups is 1. The first-order valence-electron chi connectivity index (χ1n) is 7.32. The second kappa shape index (κ2) is 6.11. The minimum Gasteiger partial charge on any atom is -0.481 e. The zero-order valence-corrected chi connectivity index (χ0v) is 12.6. The number of carbonyl (C=O) groups is 2. The van der Waals surface area contributed by atoms with Gasteiger partial charge in [0.15, 0.2) is 0 Å². The number of rotatable bonds is 5. The highest BCUT2D eigenvalue weighted by molar-refractivity contribution is 5.98. The van der Waals surface area contributed by atoms with Crippen LogP contribution in [0.15, 0.2) is 48.5 Å². The summed E-state index contributed by atoms with van der Waals surface area (Å²) < 4.78 is 0. The Labute approximate surface area is 137 Å². The summed E-state index contributed by atoms with van der Waals surface area (Å²) in [7, 11) is 0. The summed E-state index contributed by atoms with van der Waals surface area (Å²) in [4.78, 5) is 35.8. The average molecular weight is 326 g/mol. The Kier molecular flexibility index (Phi) is 3.99. The fourth-order valence-electron chi connectivity index (χ4n) is 2.95. The molecule has 1 aliphatic rings. The van der Waals surface area contributed by atoms with Crippen LogP contribution in [0.3, 0.4) is 0 Å². The van der Waals surface area contributed by atoms with Gasteiger partial charge < -0.3 is 10.0 Å². The third-order valence-corrected chi connectivity index (χ3v) is 4.06. The fourth-order valence-corrected chi connectivity index (χ4v) is 2.95. The highest BCUT2D eigenvalue weighted by Crippen LogP contribution is 2.34. The Bertz CT molecular complexity index is 833. The van der Waals surface area contributed by atoms with E-state index in [9.17, 15) is 24.8 Å². The van der Waals surface area contributed by atoms with E-state index >= 15 is 0 Å². The van der Waals surface area contributed by atoms with Gasteiger partial charge >= 0.3 is 5.97 Å². The Morgan fingerprint density at radius 1 is 1.25 bits per heavy atom. The molecule has 7 heteroatoms. The number of aliphatic carboxylic acids is 1. The van der Waals surface area contributed by atoms with Crippen LogP contribution in [-0.2, 0) is 11.3 Å². The lowest BCUT2D eigenvalue weighted by Gasteiger charge is -2.27. The van der Waals surface area contributed by atoms with Gasteiger partial charge in [0.2, 0.25) is 0 Å². The van der Waals surface area contributed by atoms with Gasteiger partial charge in [-0.2, -0.15) is 0 Å². The Morgan fingerprint density at radius 3 is 2.67 bits per heavy atom. The van der Waals surface area contributed by atoms with Crippen LogP contribution in [0.1, 0.15) is 33.9 Å². The second-order valence-electron chi connectivity index (χ2n) is 5.56. The molecule has 0 spiro atoms. The van der Waals surface area contributed by atoms with E-state index in [0.29, 0.717) is 11.1 Å². The molecule has 1 aliphatic heterocycles. The number of benzene rings is 2. The molecule has 0 unspecified atom stereocenters. The molecule has 0 saturated heterocycles. The van der Waals surface area contributed by atoms with Crippen LogP contribution in [0, 0.1) is 10.1 Å². The van der Waals surface area contributed by atoms with Gasteiger partial charge in [0.1, 0.15) is 0 Å². The second-order valence-corrected chi connectivity index (χ2v) is 5.56. The van der Waals surface area contributed by atoms with Crippen LogP contribution in [0.2, 0.25) is 0 Å². The zero-order chi connectivity index (χ0) is 17.3. The van der Waals surface area contributed by atoms with Crippen molar-refractivity contribution in [3.05, 3.63) is 75.3 Å². The van der Waals surface area contributed by atoms with E-state index in [1.807, 2.05) is 12.1 Å². The Hall–Kier alpha value is -3.22. The summed E-state index contributed by atoms with van der Waals surface area (Å²) in [6, 6.07) is 12.1. The number of nitrogens with zero attached hydrogens (tertiary/aromatic N) is 2. The quantitative estimate of drug-likeness (QED) is 0.672. The van der Waals surface area contributed by atoms with E-state index in [-0.39, 0.29) is 24.6 Å². The van der Waals surface area contributed by atoms with Crippen LogP contribution in [0.4, 0.5) is 5.69 Å². The van der Waals surface area contributed by atoms with E-state index in [2.05, 4.69) is 0 Å². The number of nitro benzene ring substituents is 1. The number of hydrogen-bond donors (Lipinski definition) is 1. The molecule has 2 aromatic carbocycles. The Balaban J connectivity index is 2.00. The third kappa shape index (κ3) is 2.83. The molecule has 2 aromatic rings. The van der Waals surface area contributed by atoms with Crippen molar-refractivity contribution in [2.24, 2.45) is 0 Å². The van der Waals surface area contributed by atoms with Crippen LogP contribution < -0.4 is 0 Å². The molecule has 1 heterocycles. The van der Waals surface area contributed by atoms with Crippen molar-refractivity contribution in [2.45, 2.75) is 19.0 Å². The van der Waals surface area contributed by atoms with Crippen LogP contribution in [0.25, 0.3) is 0 Å². The van der Waals surface area contributed by atoms with Gasteiger partial charge in [-0.1, -0.05) is 30.3 Å². The molecular weight excluding hydrogens is 312 g/mol. The molecule has 24 heavy (non-hydrogen) atoms. The first-order chi connectivity index (χ1) is 11.5. The lowest BCUT2D eigenvalue weighted by molar-refractivity contribution is -0.385. The van der Waals surface area contributed by atoms with Gasteiger partial charge in [-0.15, -0.1) is 0 Å². The summed E-state index contributed by atoms with van der Waals surface area (Å²) in [5.74, 6) is -1.33. The van der Waals surface area contributed by atoms with Gasteiger partial charge in [0.25, 0.3) is 11.6 Å². The molecule has 1 atom stereocenters. The first kappa shape index (κ1) is 15.7. The van der Waals surface area contributed by atoms with Crippen molar-refractivity contribution >= 4 is 17.6 Å². The molecule has 0 aliphatic carbocycles. The zero-order valence-electron chi connectivity index (χ0n) is 12.6. The molecule has 0 fully saturated rings. The van der Waals surface area contributed by atoms with Gasteiger partial charge in [-0.3, -0.25) is 19.7 Å². The van der Waals surface area contributed by atoms with Crippen LogP contribution >= 0.6 is 0 Å². The number of carboxylic acids is 1. The van der Waals surface area contributed by atoms with Crippen LogP contribution in [-0.4, -0.2) is 26.8 Å². The lowest BCUT2D eigenvalue weighted by atomic mass is 10.0. The molecule has 0 saturated carbocycles. The smallest absolute Gasteiger partial charge is 0.305 e.